The van der Waals surface area contributed by atoms with Crippen LogP contribution in [0.1, 0.15) is 20.8 Å². The molecule has 2 heterocycles. The van der Waals surface area contributed by atoms with Gasteiger partial charge >= 0.3 is 11.6 Å². The topological polar surface area (TPSA) is 65.7 Å². The van der Waals surface area contributed by atoms with E-state index in [9.17, 15) is 9.59 Å². The molecule has 0 aliphatic carbocycles. The van der Waals surface area contributed by atoms with Crippen LogP contribution in [0.2, 0.25) is 10.0 Å². The summed E-state index contributed by atoms with van der Waals surface area (Å²) in [6.45, 7) is 1.81. The van der Waals surface area contributed by atoms with Gasteiger partial charge in [0.2, 0.25) is 0 Å². The van der Waals surface area contributed by atoms with E-state index < -0.39 is 11.6 Å². The zero-order valence-corrected chi connectivity index (χ0v) is 17.7. The minimum absolute atomic E-state index is 0.0916. The molecule has 29 heavy (non-hydrogen) atoms. The van der Waals surface area contributed by atoms with Gasteiger partial charge in [-0.15, -0.1) is 11.3 Å². The molecule has 0 saturated carbocycles. The molecular weight excluding hydrogens is 435 g/mol. The van der Waals surface area contributed by atoms with Crippen molar-refractivity contribution in [2.24, 2.45) is 0 Å². The number of carbonyl (C=O) groups is 1. The SMILES string of the molecule is COc1ccc2c(Cl)c(C(=O)OCc3cc(=O)oc4cc(C)ccc34)sc2c1Cl. The summed E-state index contributed by atoms with van der Waals surface area (Å²) < 4.78 is 16.5. The van der Waals surface area contributed by atoms with Crippen LogP contribution < -0.4 is 10.4 Å². The Bertz CT molecular complexity index is 1320. The number of esters is 1. The van der Waals surface area contributed by atoms with Crippen molar-refractivity contribution in [2.75, 3.05) is 7.11 Å². The van der Waals surface area contributed by atoms with Crippen LogP contribution >= 0.6 is 34.5 Å². The minimum atomic E-state index is -0.597. The Balaban J connectivity index is 1.66. The number of halogens is 2. The lowest BCUT2D eigenvalue weighted by Crippen LogP contribution is -2.07. The lowest BCUT2D eigenvalue weighted by Gasteiger charge is -2.07. The predicted octanol–water partition coefficient (Wildman–Crippen LogP) is 5.99. The molecule has 0 aliphatic heterocycles. The molecule has 0 N–H and O–H groups in total. The van der Waals surface area contributed by atoms with E-state index in [1.54, 1.807) is 18.2 Å². The van der Waals surface area contributed by atoms with Crippen LogP contribution in [-0.4, -0.2) is 13.1 Å². The number of thiophene rings is 1. The molecule has 0 radical (unpaired) electrons. The van der Waals surface area contributed by atoms with Crippen molar-refractivity contribution in [3.63, 3.8) is 0 Å². The van der Waals surface area contributed by atoms with Crippen molar-refractivity contribution >= 4 is 61.6 Å². The highest BCUT2D eigenvalue weighted by Crippen LogP contribution is 2.43. The Kier molecular flexibility index (Phi) is 5.25. The second-order valence-corrected chi connectivity index (χ2v) is 8.15. The fourth-order valence-electron chi connectivity index (χ4n) is 3.03. The molecule has 0 aliphatic rings. The molecule has 0 amide bonds. The first-order valence-electron chi connectivity index (χ1n) is 8.54. The van der Waals surface area contributed by atoms with E-state index in [4.69, 9.17) is 37.1 Å². The maximum Gasteiger partial charge on any atom is 0.350 e. The molecule has 0 unspecified atom stereocenters. The van der Waals surface area contributed by atoms with E-state index in [0.717, 1.165) is 16.9 Å². The van der Waals surface area contributed by atoms with E-state index in [2.05, 4.69) is 0 Å². The summed E-state index contributed by atoms with van der Waals surface area (Å²) in [5, 5.41) is 2.01. The Morgan fingerprint density at radius 2 is 1.86 bits per heavy atom. The van der Waals surface area contributed by atoms with Gasteiger partial charge in [-0.2, -0.15) is 0 Å². The third-order valence-corrected chi connectivity index (χ3v) is 6.65. The third kappa shape index (κ3) is 3.59. The highest BCUT2D eigenvalue weighted by molar-refractivity contribution is 7.22. The number of fused-ring (bicyclic) bond motifs is 2. The van der Waals surface area contributed by atoms with Crippen LogP contribution in [0.5, 0.6) is 5.75 Å². The molecule has 0 bridgehead atoms. The number of ether oxygens (including phenoxy) is 2. The standard InChI is InChI=1S/C21H14Cl2O5S/c1-10-3-4-12-11(8-16(24)28-15(12)7-10)9-27-21(25)20-17(22)13-5-6-14(26-2)18(23)19(13)29-20/h3-8H,9H2,1-2H3. The zero-order valence-electron chi connectivity index (χ0n) is 15.4. The maximum atomic E-state index is 12.7. The van der Waals surface area contributed by atoms with Crippen LogP contribution in [0.15, 0.2) is 45.6 Å². The van der Waals surface area contributed by atoms with Crippen molar-refractivity contribution < 1.29 is 18.7 Å². The largest absolute Gasteiger partial charge is 0.495 e. The van der Waals surface area contributed by atoms with Gasteiger partial charge in [0.05, 0.1) is 16.8 Å². The van der Waals surface area contributed by atoms with Gasteiger partial charge in [-0.05, 0) is 30.7 Å². The Morgan fingerprint density at radius 3 is 2.62 bits per heavy atom. The molecule has 8 heteroatoms. The molecule has 4 rings (SSSR count). The maximum absolute atomic E-state index is 12.7. The van der Waals surface area contributed by atoms with Crippen LogP contribution in [0.4, 0.5) is 0 Å². The smallest absolute Gasteiger partial charge is 0.350 e. The van der Waals surface area contributed by atoms with Crippen LogP contribution in [0.25, 0.3) is 21.1 Å². The second-order valence-electron chi connectivity index (χ2n) is 6.37. The highest BCUT2D eigenvalue weighted by Gasteiger charge is 2.22. The normalized spacial score (nSPS) is 11.2. The molecule has 0 atom stereocenters. The molecular formula is C21H14Cl2O5S. The van der Waals surface area contributed by atoms with Crippen molar-refractivity contribution in [2.45, 2.75) is 13.5 Å². The number of rotatable bonds is 4. The lowest BCUT2D eigenvalue weighted by molar-refractivity contribution is 0.0480. The molecule has 2 aromatic heterocycles. The van der Waals surface area contributed by atoms with Gasteiger partial charge in [0, 0.05) is 22.4 Å². The van der Waals surface area contributed by atoms with Gasteiger partial charge < -0.3 is 13.9 Å². The molecule has 4 aromatic rings. The molecule has 5 nitrogen and oxygen atoms in total. The summed E-state index contributed by atoms with van der Waals surface area (Å²) in [4.78, 5) is 24.8. The first-order valence-corrected chi connectivity index (χ1v) is 10.1. The Labute approximate surface area is 179 Å². The molecule has 0 spiro atoms. The fourth-order valence-corrected chi connectivity index (χ4v) is 4.81. The van der Waals surface area contributed by atoms with Crippen molar-refractivity contribution in [1.82, 2.24) is 0 Å². The zero-order chi connectivity index (χ0) is 20.7. The average Bonchev–Trinajstić information content (AvgIpc) is 3.03. The van der Waals surface area contributed by atoms with Gasteiger partial charge in [0.25, 0.3) is 0 Å². The van der Waals surface area contributed by atoms with E-state index in [0.29, 0.717) is 37.4 Å². The number of hydrogen-bond donors (Lipinski definition) is 0. The van der Waals surface area contributed by atoms with Gasteiger partial charge in [-0.25, -0.2) is 9.59 Å². The van der Waals surface area contributed by atoms with Gasteiger partial charge in [0.1, 0.15) is 27.8 Å². The van der Waals surface area contributed by atoms with E-state index in [-0.39, 0.29) is 16.5 Å². The van der Waals surface area contributed by atoms with Crippen LogP contribution in [-0.2, 0) is 11.3 Å². The summed E-state index contributed by atoms with van der Waals surface area (Å²) in [7, 11) is 1.51. The second kappa shape index (κ2) is 7.71. The van der Waals surface area contributed by atoms with Gasteiger partial charge in [-0.3, -0.25) is 0 Å². The first-order chi connectivity index (χ1) is 13.9. The van der Waals surface area contributed by atoms with Crippen LogP contribution in [0.3, 0.4) is 0 Å². The van der Waals surface area contributed by atoms with Crippen LogP contribution in [0, 0.1) is 6.92 Å². The first kappa shape index (κ1) is 19.8. The van der Waals surface area contributed by atoms with Gasteiger partial charge in [0.15, 0.2) is 0 Å². The summed E-state index contributed by atoms with van der Waals surface area (Å²) in [6.07, 6.45) is 0. The van der Waals surface area contributed by atoms with Crippen molar-refractivity contribution in [3.05, 3.63) is 72.9 Å². The Hall–Kier alpha value is -2.54. The summed E-state index contributed by atoms with van der Waals surface area (Å²) >= 11 is 13.8. The third-order valence-electron chi connectivity index (χ3n) is 4.45. The predicted molar refractivity (Wildman–Crippen MR) is 115 cm³/mol. The van der Waals surface area contributed by atoms with E-state index in [1.165, 1.54) is 13.2 Å². The Morgan fingerprint density at radius 1 is 1.10 bits per heavy atom. The summed E-state index contributed by atoms with van der Waals surface area (Å²) in [6, 6.07) is 10.2. The molecule has 148 valence electrons. The van der Waals surface area contributed by atoms with Crippen molar-refractivity contribution in [1.29, 1.82) is 0 Å². The highest BCUT2D eigenvalue weighted by atomic mass is 35.5. The lowest BCUT2D eigenvalue weighted by atomic mass is 10.1. The van der Waals surface area contributed by atoms with E-state index >= 15 is 0 Å². The number of aryl methyl sites for hydroxylation is 1. The minimum Gasteiger partial charge on any atom is -0.495 e. The number of carbonyl (C=O) groups excluding carboxylic acids is 1. The molecule has 0 saturated heterocycles. The number of benzene rings is 2. The number of hydrogen-bond acceptors (Lipinski definition) is 6. The van der Waals surface area contributed by atoms with E-state index in [1.807, 2.05) is 19.1 Å². The molecule has 0 fully saturated rings. The quantitative estimate of drug-likeness (QED) is 0.283. The van der Waals surface area contributed by atoms with Gasteiger partial charge in [-0.1, -0.05) is 35.3 Å². The van der Waals surface area contributed by atoms with Crippen molar-refractivity contribution in [3.8, 4) is 5.75 Å². The summed E-state index contributed by atoms with van der Waals surface area (Å²) in [5.41, 5.74) is 1.45. The average molecular weight is 449 g/mol. The fraction of sp³-hybridized carbons (Fsp3) is 0.143. The molecule has 2 aromatic carbocycles. The number of methoxy groups -OCH3 is 1. The summed E-state index contributed by atoms with van der Waals surface area (Å²) in [5.74, 6) is -0.102. The monoisotopic (exact) mass is 448 g/mol.